The third-order valence-electron chi connectivity index (χ3n) is 3.09. The molecule has 0 saturated carbocycles. The van der Waals surface area contributed by atoms with E-state index in [0.717, 1.165) is 12.0 Å². The lowest BCUT2D eigenvalue weighted by atomic mass is 10.1. The zero-order valence-corrected chi connectivity index (χ0v) is 12.9. The predicted molar refractivity (Wildman–Crippen MR) is 86.8 cm³/mol. The van der Waals surface area contributed by atoms with Crippen molar-refractivity contribution in [3.8, 4) is 0 Å². The van der Waals surface area contributed by atoms with Gasteiger partial charge in [0.1, 0.15) is 0 Å². The molecule has 0 aliphatic heterocycles. The Labute approximate surface area is 134 Å². The van der Waals surface area contributed by atoms with Crippen molar-refractivity contribution in [3.63, 3.8) is 0 Å². The van der Waals surface area contributed by atoms with Gasteiger partial charge in [0.05, 0.1) is 10.0 Å². The lowest BCUT2D eigenvalue weighted by Crippen LogP contribution is -2.22. The standard InChI is InChI=1S/C16H16Cl2N2O/c17-14-6-5-13(9-15(14)18)16(21)20-10-12-3-1-11(2-4-12)7-8-19/h1-6,9H,7-8,10,19H2,(H,20,21). The molecular weight excluding hydrogens is 307 g/mol. The first kappa shape index (κ1) is 15.8. The molecule has 21 heavy (non-hydrogen) atoms. The minimum Gasteiger partial charge on any atom is -0.348 e. The van der Waals surface area contributed by atoms with Gasteiger partial charge in [-0.15, -0.1) is 0 Å². The molecule has 0 atom stereocenters. The van der Waals surface area contributed by atoms with Gasteiger partial charge in [-0.1, -0.05) is 47.5 Å². The van der Waals surface area contributed by atoms with Crippen LogP contribution in [0.3, 0.4) is 0 Å². The normalized spacial score (nSPS) is 10.4. The number of carbonyl (C=O) groups is 1. The number of rotatable bonds is 5. The number of hydrogen-bond acceptors (Lipinski definition) is 2. The van der Waals surface area contributed by atoms with Crippen LogP contribution in [-0.4, -0.2) is 12.5 Å². The average Bonchev–Trinajstić information content (AvgIpc) is 2.49. The van der Waals surface area contributed by atoms with E-state index in [-0.39, 0.29) is 5.91 Å². The van der Waals surface area contributed by atoms with E-state index < -0.39 is 0 Å². The van der Waals surface area contributed by atoms with Crippen LogP contribution < -0.4 is 11.1 Å². The molecule has 3 nitrogen and oxygen atoms in total. The number of halogens is 2. The fourth-order valence-corrected chi connectivity index (χ4v) is 2.21. The number of nitrogens with one attached hydrogen (secondary N) is 1. The monoisotopic (exact) mass is 322 g/mol. The first-order valence-electron chi connectivity index (χ1n) is 6.61. The largest absolute Gasteiger partial charge is 0.348 e. The van der Waals surface area contributed by atoms with Crippen LogP contribution in [0.2, 0.25) is 10.0 Å². The summed E-state index contributed by atoms with van der Waals surface area (Å²) < 4.78 is 0. The Hall–Kier alpha value is -1.55. The summed E-state index contributed by atoms with van der Waals surface area (Å²) in [6.45, 7) is 1.09. The lowest BCUT2D eigenvalue weighted by molar-refractivity contribution is 0.0951. The molecule has 1 amide bonds. The van der Waals surface area contributed by atoms with Crippen molar-refractivity contribution in [2.75, 3.05) is 6.54 Å². The second-order valence-electron chi connectivity index (χ2n) is 4.67. The van der Waals surface area contributed by atoms with E-state index in [2.05, 4.69) is 5.32 Å². The first-order chi connectivity index (χ1) is 10.1. The summed E-state index contributed by atoms with van der Waals surface area (Å²) in [6, 6.07) is 12.8. The van der Waals surface area contributed by atoms with Crippen LogP contribution in [0.5, 0.6) is 0 Å². The molecule has 0 bridgehead atoms. The van der Waals surface area contributed by atoms with Gasteiger partial charge in [-0.3, -0.25) is 4.79 Å². The van der Waals surface area contributed by atoms with Crippen molar-refractivity contribution in [2.45, 2.75) is 13.0 Å². The molecule has 0 aliphatic carbocycles. The van der Waals surface area contributed by atoms with E-state index in [1.807, 2.05) is 24.3 Å². The molecule has 0 spiro atoms. The molecule has 0 aromatic heterocycles. The quantitative estimate of drug-likeness (QED) is 0.886. The van der Waals surface area contributed by atoms with Crippen LogP contribution >= 0.6 is 23.2 Å². The smallest absolute Gasteiger partial charge is 0.251 e. The van der Waals surface area contributed by atoms with Gasteiger partial charge >= 0.3 is 0 Å². The zero-order chi connectivity index (χ0) is 15.2. The molecule has 0 unspecified atom stereocenters. The highest BCUT2D eigenvalue weighted by molar-refractivity contribution is 6.42. The third-order valence-corrected chi connectivity index (χ3v) is 3.83. The number of nitrogens with two attached hydrogens (primary N) is 1. The van der Waals surface area contributed by atoms with Crippen LogP contribution in [0.1, 0.15) is 21.5 Å². The van der Waals surface area contributed by atoms with Gasteiger partial charge in [0.15, 0.2) is 0 Å². The van der Waals surface area contributed by atoms with Gasteiger partial charge in [0.25, 0.3) is 5.91 Å². The molecular formula is C16H16Cl2N2O. The molecule has 0 radical (unpaired) electrons. The summed E-state index contributed by atoms with van der Waals surface area (Å²) in [7, 11) is 0. The topological polar surface area (TPSA) is 55.1 Å². The SMILES string of the molecule is NCCc1ccc(CNC(=O)c2ccc(Cl)c(Cl)c2)cc1. The second-order valence-corrected chi connectivity index (χ2v) is 5.48. The van der Waals surface area contributed by atoms with Crippen molar-refractivity contribution in [3.05, 3.63) is 69.2 Å². The maximum absolute atomic E-state index is 12.0. The molecule has 110 valence electrons. The molecule has 2 rings (SSSR count). The van der Waals surface area contributed by atoms with Crippen LogP contribution in [0.15, 0.2) is 42.5 Å². The minimum absolute atomic E-state index is 0.181. The second kappa shape index (κ2) is 7.46. The molecule has 2 aromatic rings. The summed E-state index contributed by atoms with van der Waals surface area (Å²) in [5.74, 6) is -0.181. The van der Waals surface area contributed by atoms with E-state index >= 15 is 0 Å². The molecule has 0 aliphatic rings. The van der Waals surface area contributed by atoms with Crippen LogP contribution in [-0.2, 0) is 13.0 Å². The molecule has 0 heterocycles. The molecule has 5 heteroatoms. The van der Waals surface area contributed by atoms with Crippen LogP contribution in [0, 0.1) is 0 Å². The maximum Gasteiger partial charge on any atom is 0.251 e. The minimum atomic E-state index is -0.181. The molecule has 3 N–H and O–H groups in total. The van der Waals surface area contributed by atoms with Crippen LogP contribution in [0.4, 0.5) is 0 Å². The maximum atomic E-state index is 12.0. The van der Waals surface area contributed by atoms with E-state index in [1.165, 1.54) is 5.56 Å². The third kappa shape index (κ3) is 4.46. The Morgan fingerprint density at radius 2 is 1.67 bits per heavy atom. The number of hydrogen-bond donors (Lipinski definition) is 2. The molecule has 2 aromatic carbocycles. The van der Waals surface area contributed by atoms with Gasteiger partial charge in [-0.25, -0.2) is 0 Å². The van der Waals surface area contributed by atoms with Crippen molar-refractivity contribution in [1.82, 2.24) is 5.32 Å². The summed E-state index contributed by atoms with van der Waals surface area (Å²) >= 11 is 11.7. The Morgan fingerprint density at radius 1 is 1.00 bits per heavy atom. The number of carbonyl (C=O) groups excluding carboxylic acids is 1. The summed E-state index contributed by atoms with van der Waals surface area (Å²) in [4.78, 5) is 12.0. The summed E-state index contributed by atoms with van der Waals surface area (Å²) in [5.41, 5.74) is 8.22. The highest BCUT2D eigenvalue weighted by atomic mass is 35.5. The predicted octanol–water partition coefficient (Wildman–Crippen LogP) is 3.42. The van der Waals surface area contributed by atoms with Crippen molar-refractivity contribution in [2.24, 2.45) is 5.73 Å². The van der Waals surface area contributed by atoms with Gasteiger partial charge < -0.3 is 11.1 Å². The number of amides is 1. The average molecular weight is 323 g/mol. The Bertz CT molecular complexity index is 627. The highest BCUT2D eigenvalue weighted by Crippen LogP contribution is 2.22. The van der Waals surface area contributed by atoms with Gasteiger partial charge in [-0.2, -0.15) is 0 Å². The Balaban J connectivity index is 1.95. The fourth-order valence-electron chi connectivity index (χ4n) is 1.91. The lowest BCUT2D eigenvalue weighted by Gasteiger charge is -2.07. The van der Waals surface area contributed by atoms with Gasteiger partial charge in [-0.05, 0) is 42.3 Å². The number of benzene rings is 2. The molecule has 0 fully saturated rings. The van der Waals surface area contributed by atoms with Crippen molar-refractivity contribution >= 4 is 29.1 Å². The fraction of sp³-hybridized carbons (Fsp3) is 0.188. The summed E-state index contributed by atoms with van der Waals surface area (Å²) in [5, 5.41) is 3.65. The Morgan fingerprint density at radius 3 is 2.29 bits per heavy atom. The first-order valence-corrected chi connectivity index (χ1v) is 7.37. The van der Waals surface area contributed by atoms with E-state index in [1.54, 1.807) is 18.2 Å². The van der Waals surface area contributed by atoms with Crippen LogP contribution in [0.25, 0.3) is 0 Å². The van der Waals surface area contributed by atoms with Gasteiger partial charge in [0, 0.05) is 12.1 Å². The highest BCUT2D eigenvalue weighted by Gasteiger charge is 2.07. The van der Waals surface area contributed by atoms with Crippen molar-refractivity contribution < 1.29 is 4.79 Å². The molecule has 0 saturated heterocycles. The zero-order valence-electron chi connectivity index (χ0n) is 11.4. The van der Waals surface area contributed by atoms with E-state index in [9.17, 15) is 4.79 Å². The van der Waals surface area contributed by atoms with E-state index in [0.29, 0.717) is 28.7 Å². The Kier molecular flexibility index (Phi) is 5.62. The van der Waals surface area contributed by atoms with E-state index in [4.69, 9.17) is 28.9 Å². The van der Waals surface area contributed by atoms with Crippen molar-refractivity contribution in [1.29, 1.82) is 0 Å². The van der Waals surface area contributed by atoms with Gasteiger partial charge in [0.2, 0.25) is 0 Å². The summed E-state index contributed by atoms with van der Waals surface area (Å²) in [6.07, 6.45) is 0.857.